The Kier molecular flexibility index (Phi) is 4.44. The summed E-state index contributed by atoms with van der Waals surface area (Å²) < 4.78 is 32.2. The summed E-state index contributed by atoms with van der Waals surface area (Å²) in [6.45, 7) is 3.35. The molecule has 0 spiro atoms. The number of hydrogen-bond acceptors (Lipinski definition) is 3. The molecule has 1 aromatic rings. The van der Waals surface area contributed by atoms with Gasteiger partial charge in [0.15, 0.2) is 0 Å². The minimum Gasteiger partial charge on any atom is -0.375 e. The van der Waals surface area contributed by atoms with Gasteiger partial charge in [-0.3, -0.25) is 4.79 Å². The number of carbonyl (C=O) groups is 1. The first-order valence-electron chi connectivity index (χ1n) is 6.14. The molecular weight excluding hydrogens is 254 g/mol. The molecular formula is C13H16F2N2O2. The topological polar surface area (TPSA) is 50.4 Å². The molecule has 4 nitrogen and oxygen atoms in total. The minimum absolute atomic E-state index is 0.113. The lowest BCUT2D eigenvalue weighted by molar-refractivity contribution is -0.119. The number of carbonyl (C=O) groups excluding carboxylic acids is 1. The average molecular weight is 270 g/mol. The summed E-state index contributed by atoms with van der Waals surface area (Å²) in [6, 6.07) is 2.05. The van der Waals surface area contributed by atoms with Gasteiger partial charge in [0.1, 0.15) is 11.6 Å². The van der Waals surface area contributed by atoms with Gasteiger partial charge in [0.05, 0.1) is 24.8 Å². The molecule has 0 aliphatic carbocycles. The first kappa shape index (κ1) is 13.9. The summed E-state index contributed by atoms with van der Waals surface area (Å²) in [5, 5.41) is 5.46. The highest BCUT2D eigenvalue weighted by molar-refractivity contribution is 5.91. The van der Waals surface area contributed by atoms with Crippen LogP contribution in [0.15, 0.2) is 12.1 Å². The fourth-order valence-electron chi connectivity index (χ4n) is 1.90. The first-order valence-corrected chi connectivity index (χ1v) is 6.14. The van der Waals surface area contributed by atoms with Gasteiger partial charge in [-0.2, -0.15) is 0 Å². The summed E-state index contributed by atoms with van der Waals surface area (Å²) >= 11 is 0. The monoisotopic (exact) mass is 270 g/mol. The van der Waals surface area contributed by atoms with Gasteiger partial charge in [-0.1, -0.05) is 0 Å². The van der Waals surface area contributed by atoms with Crippen molar-refractivity contribution in [3.63, 3.8) is 0 Å². The zero-order chi connectivity index (χ0) is 13.8. The first-order chi connectivity index (χ1) is 9.06. The predicted molar refractivity (Wildman–Crippen MR) is 67.0 cm³/mol. The van der Waals surface area contributed by atoms with Gasteiger partial charge in [-0.25, -0.2) is 8.78 Å². The summed E-state index contributed by atoms with van der Waals surface area (Å²) in [5.74, 6) is -1.59. The molecule has 104 valence electrons. The predicted octanol–water partition coefficient (Wildman–Crippen LogP) is 1.59. The molecule has 2 rings (SSSR count). The Morgan fingerprint density at radius 2 is 2.26 bits per heavy atom. The number of benzene rings is 1. The van der Waals surface area contributed by atoms with Gasteiger partial charge in [0.2, 0.25) is 5.91 Å². The SMILES string of the molecule is Cc1cc(F)c(NC(=O)CC2CNCCO2)cc1F. The molecule has 1 aliphatic heterocycles. The van der Waals surface area contributed by atoms with Crippen molar-refractivity contribution in [1.82, 2.24) is 5.32 Å². The quantitative estimate of drug-likeness (QED) is 0.877. The van der Waals surface area contributed by atoms with Crippen LogP contribution < -0.4 is 10.6 Å². The molecule has 1 atom stereocenters. The third kappa shape index (κ3) is 3.71. The van der Waals surface area contributed by atoms with Crippen LogP contribution in [-0.4, -0.2) is 31.7 Å². The minimum atomic E-state index is -0.644. The molecule has 1 fully saturated rings. The summed E-state index contributed by atoms with van der Waals surface area (Å²) in [7, 11) is 0. The Labute approximate surface area is 110 Å². The fourth-order valence-corrected chi connectivity index (χ4v) is 1.90. The Morgan fingerprint density at radius 3 is 2.95 bits per heavy atom. The summed E-state index contributed by atoms with van der Waals surface area (Å²) in [6.07, 6.45) is -0.116. The van der Waals surface area contributed by atoms with Gasteiger partial charge in [-0.05, 0) is 18.6 Å². The third-order valence-electron chi connectivity index (χ3n) is 2.94. The zero-order valence-electron chi connectivity index (χ0n) is 10.6. The number of aryl methyl sites for hydroxylation is 1. The van der Waals surface area contributed by atoms with Crippen LogP contribution in [0.2, 0.25) is 0 Å². The van der Waals surface area contributed by atoms with Crippen molar-refractivity contribution in [1.29, 1.82) is 0 Å². The van der Waals surface area contributed by atoms with Crippen molar-refractivity contribution < 1.29 is 18.3 Å². The largest absolute Gasteiger partial charge is 0.375 e. The van der Waals surface area contributed by atoms with E-state index in [1.165, 1.54) is 6.92 Å². The molecule has 6 heteroatoms. The summed E-state index contributed by atoms with van der Waals surface area (Å²) in [5.41, 5.74) is 0.0622. The Bertz CT molecular complexity index is 474. The highest BCUT2D eigenvalue weighted by Gasteiger charge is 2.18. The molecule has 1 amide bonds. The smallest absolute Gasteiger partial charge is 0.227 e. The van der Waals surface area contributed by atoms with E-state index in [2.05, 4.69) is 10.6 Å². The molecule has 0 aromatic heterocycles. The van der Waals surface area contributed by atoms with Gasteiger partial charge in [-0.15, -0.1) is 0 Å². The number of ether oxygens (including phenoxy) is 1. The van der Waals surface area contributed by atoms with Crippen LogP contribution in [0.4, 0.5) is 14.5 Å². The lowest BCUT2D eigenvalue weighted by Gasteiger charge is -2.23. The molecule has 0 radical (unpaired) electrons. The van der Waals surface area contributed by atoms with Crippen LogP contribution in [0.1, 0.15) is 12.0 Å². The van der Waals surface area contributed by atoms with Crippen LogP contribution in [-0.2, 0) is 9.53 Å². The molecule has 2 N–H and O–H groups in total. The van der Waals surface area contributed by atoms with Crippen molar-refractivity contribution in [2.45, 2.75) is 19.4 Å². The lowest BCUT2D eigenvalue weighted by Crippen LogP contribution is -2.40. The van der Waals surface area contributed by atoms with Crippen molar-refractivity contribution >= 4 is 11.6 Å². The second-order valence-electron chi connectivity index (χ2n) is 4.53. The molecule has 1 saturated heterocycles. The molecule has 0 bridgehead atoms. The second-order valence-corrected chi connectivity index (χ2v) is 4.53. The Morgan fingerprint density at radius 1 is 1.47 bits per heavy atom. The summed E-state index contributed by atoms with van der Waals surface area (Å²) in [4.78, 5) is 11.7. The number of amides is 1. The second kappa shape index (κ2) is 6.08. The lowest BCUT2D eigenvalue weighted by atomic mass is 10.2. The Hall–Kier alpha value is -1.53. The number of hydrogen-bond donors (Lipinski definition) is 2. The molecule has 19 heavy (non-hydrogen) atoms. The number of anilines is 1. The van der Waals surface area contributed by atoms with E-state index >= 15 is 0 Å². The molecule has 1 heterocycles. The van der Waals surface area contributed by atoms with E-state index in [9.17, 15) is 13.6 Å². The van der Waals surface area contributed by atoms with Gasteiger partial charge >= 0.3 is 0 Å². The molecule has 1 aromatic carbocycles. The molecule has 1 unspecified atom stereocenters. The average Bonchev–Trinajstić information content (AvgIpc) is 2.37. The van der Waals surface area contributed by atoms with E-state index in [0.717, 1.165) is 18.7 Å². The van der Waals surface area contributed by atoms with Crippen LogP contribution in [0, 0.1) is 18.6 Å². The van der Waals surface area contributed by atoms with Crippen LogP contribution in [0.25, 0.3) is 0 Å². The van der Waals surface area contributed by atoms with E-state index in [1.54, 1.807) is 0 Å². The highest BCUT2D eigenvalue weighted by atomic mass is 19.1. The zero-order valence-corrected chi connectivity index (χ0v) is 10.6. The van der Waals surface area contributed by atoms with Crippen molar-refractivity contribution in [3.05, 3.63) is 29.3 Å². The molecule has 0 saturated carbocycles. The maximum Gasteiger partial charge on any atom is 0.227 e. The van der Waals surface area contributed by atoms with Crippen LogP contribution in [0.5, 0.6) is 0 Å². The molecule has 1 aliphatic rings. The van der Waals surface area contributed by atoms with Crippen LogP contribution >= 0.6 is 0 Å². The van der Waals surface area contributed by atoms with E-state index in [0.29, 0.717) is 13.2 Å². The van der Waals surface area contributed by atoms with E-state index in [-0.39, 0.29) is 23.8 Å². The normalized spacial score (nSPS) is 19.2. The van der Waals surface area contributed by atoms with E-state index in [4.69, 9.17) is 4.74 Å². The van der Waals surface area contributed by atoms with Gasteiger partial charge in [0.25, 0.3) is 0 Å². The third-order valence-corrected chi connectivity index (χ3v) is 2.94. The van der Waals surface area contributed by atoms with E-state index < -0.39 is 17.5 Å². The number of halogens is 2. The van der Waals surface area contributed by atoms with Gasteiger partial charge in [0, 0.05) is 19.2 Å². The van der Waals surface area contributed by atoms with E-state index in [1.807, 2.05) is 0 Å². The van der Waals surface area contributed by atoms with Crippen molar-refractivity contribution in [3.8, 4) is 0 Å². The number of morpholine rings is 1. The maximum absolute atomic E-state index is 13.5. The highest BCUT2D eigenvalue weighted by Crippen LogP contribution is 2.19. The van der Waals surface area contributed by atoms with Crippen molar-refractivity contribution in [2.24, 2.45) is 0 Å². The van der Waals surface area contributed by atoms with Gasteiger partial charge < -0.3 is 15.4 Å². The standard InChI is InChI=1S/C13H16F2N2O2/c1-8-4-11(15)12(6-10(8)14)17-13(18)5-9-7-16-2-3-19-9/h4,6,9,16H,2-3,5,7H2,1H3,(H,17,18). The number of nitrogens with one attached hydrogen (secondary N) is 2. The fraction of sp³-hybridized carbons (Fsp3) is 0.462. The van der Waals surface area contributed by atoms with Crippen molar-refractivity contribution in [2.75, 3.05) is 25.0 Å². The number of rotatable bonds is 3. The van der Waals surface area contributed by atoms with Crippen LogP contribution in [0.3, 0.4) is 0 Å². The Balaban J connectivity index is 1.96. The maximum atomic E-state index is 13.5.